The lowest BCUT2D eigenvalue weighted by molar-refractivity contribution is 0.406. The van der Waals surface area contributed by atoms with E-state index in [1.54, 1.807) is 13.2 Å². The molecule has 21 heavy (non-hydrogen) atoms. The van der Waals surface area contributed by atoms with Gasteiger partial charge < -0.3 is 10.1 Å². The molecule has 0 aromatic heterocycles. The number of benzene rings is 2. The van der Waals surface area contributed by atoms with Crippen molar-refractivity contribution in [1.29, 1.82) is 5.26 Å². The predicted octanol–water partition coefficient (Wildman–Crippen LogP) is 4.27. The first-order valence-corrected chi connectivity index (χ1v) is 6.78. The minimum atomic E-state index is -0.414. The molecule has 2 aromatic carbocycles. The molecule has 0 amide bonds. The van der Waals surface area contributed by atoms with Crippen LogP contribution >= 0.6 is 0 Å². The maximum absolute atomic E-state index is 13.2. The number of ether oxygens (including phenoxy) is 1. The molecule has 2 aromatic rings. The molecule has 4 heteroatoms. The number of nitrogens with one attached hydrogen (secondary N) is 1. The summed E-state index contributed by atoms with van der Waals surface area (Å²) >= 11 is 0. The Balaban J connectivity index is 2.34. The van der Waals surface area contributed by atoms with Crippen molar-refractivity contribution in [2.75, 3.05) is 12.4 Å². The van der Waals surface area contributed by atoms with Crippen LogP contribution in [0.25, 0.3) is 0 Å². The Labute approximate surface area is 124 Å². The average molecular weight is 284 g/mol. The van der Waals surface area contributed by atoms with E-state index in [-0.39, 0.29) is 6.04 Å². The first-order chi connectivity index (χ1) is 10.2. The van der Waals surface area contributed by atoms with Crippen molar-refractivity contribution in [3.63, 3.8) is 0 Å². The highest BCUT2D eigenvalue weighted by molar-refractivity contribution is 5.59. The Morgan fingerprint density at radius 3 is 2.71 bits per heavy atom. The second-order valence-corrected chi connectivity index (χ2v) is 4.65. The fraction of sp³-hybridized carbons (Fsp3) is 0.235. The van der Waals surface area contributed by atoms with Crippen LogP contribution in [-0.2, 0) is 0 Å². The minimum Gasteiger partial charge on any atom is -0.496 e. The number of para-hydroxylation sites is 1. The van der Waals surface area contributed by atoms with Crippen LogP contribution in [0.1, 0.15) is 30.5 Å². The molecule has 2 rings (SSSR count). The number of methoxy groups -OCH3 is 1. The molecule has 0 radical (unpaired) electrons. The second kappa shape index (κ2) is 6.76. The number of hydrogen-bond acceptors (Lipinski definition) is 3. The molecule has 0 heterocycles. The van der Waals surface area contributed by atoms with Gasteiger partial charge in [0.2, 0.25) is 0 Å². The first-order valence-electron chi connectivity index (χ1n) is 6.78. The van der Waals surface area contributed by atoms with Crippen LogP contribution in [-0.4, -0.2) is 7.11 Å². The van der Waals surface area contributed by atoms with Gasteiger partial charge in [-0.15, -0.1) is 0 Å². The third-order valence-electron chi connectivity index (χ3n) is 3.35. The molecule has 0 bridgehead atoms. The third kappa shape index (κ3) is 3.32. The summed E-state index contributed by atoms with van der Waals surface area (Å²) in [5, 5.41) is 12.4. The van der Waals surface area contributed by atoms with E-state index in [0.717, 1.165) is 17.7 Å². The van der Waals surface area contributed by atoms with Crippen molar-refractivity contribution in [2.45, 2.75) is 19.4 Å². The second-order valence-electron chi connectivity index (χ2n) is 4.65. The molecule has 0 saturated heterocycles. The number of halogens is 1. The van der Waals surface area contributed by atoms with Crippen LogP contribution in [0, 0.1) is 17.1 Å². The first kappa shape index (κ1) is 14.9. The molecule has 108 valence electrons. The maximum Gasteiger partial charge on any atom is 0.124 e. The SMILES string of the molecule is CCC(Nc1ccc(F)cc1C#N)c1ccccc1OC. The minimum absolute atomic E-state index is 0.0151. The fourth-order valence-corrected chi connectivity index (χ4v) is 2.28. The monoisotopic (exact) mass is 284 g/mol. The van der Waals surface area contributed by atoms with Gasteiger partial charge in [-0.05, 0) is 30.7 Å². The van der Waals surface area contributed by atoms with Crippen molar-refractivity contribution in [1.82, 2.24) is 0 Å². The number of rotatable bonds is 5. The lowest BCUT2D eigenvalue weighted by Crippen LogP contribution is -2.12. The van der Waals surface area contributed by atoms with Gasteiger partial charge >= 0.3 is 0 Å². The highest BCUT2D eigenvalue weighted by atomic mass is 19.1. The van der Waals surface area contributed by atoms with Gasteiger partial charge in [-0.2, -0.15) is 5.26 Å². The molecule has 1 N–H and O–H groups in total. The van der Waals surface area contributed by atoms with Crippen molar-refractivity contribution in [3.8, 4) is 11.8 Å². The summed E-state index contributed by atoms with van der Waals surface area (Å²) in [6.45, 7) is 2.04. The molecule has 1 unspecified atom stereocenters. The van der Waals surface area contributed by atoms with E-state index in [2.05, 4.69) is 5.32 Å². The zero-order chi connectivity index (χ0) is 15.2. The topological polar surface area (TPSA) is 45.0 Å². The quantitative estimate of drug-likeness (QED) is 0.891. The van der Waals surface area contributed by atoms with Crippen molar-refractivity contribution in [3.05, 3.63) is 59.4 Å². The molecule has 0 fully saturated rings. The van der Waals surface area contributed by atoms with Gasteiger partial charge in [-0.25, -0.2) is 4.39 Å². The van der Waals surface area contributed by atoms with Crippen LogP contribution in [0.3, 0.4) is 0 Å². The van der Waals surface area contributed by atoms with Crippen LogP contribution in [0.15, 0.2) is 42.5 Å². The largest absolute Gasteiger partial charge is 0.496 e. The van der Waals surface area contributed by atoms with E-state index in [1.165, 1.54) is 12.1 Å². The average Bonchev–Trinajstić information content (AvgIpc) is 2.53. The number of nitriles is 1. The molecular formula is C17H17FN2O. The summed E-state index contributed by atoms with van der Waals surface area (Å²) < 4.78 is 18.6. The number of hydrogen-bond donors (Lipinski definition) is 1. The van der Waals surface area contributed by atoms with Gasteiger partial charge in [0.15, 0.2) is 0 Å². The van der Waals surface area contributed by atoms with Crippen LogP contribution in [0.5, 0.6) is 5.75 Å². The number of anilines is 1. The Morgan fingerprint density at radius 1 is 1.29 bits per heavy atom. The van der Waals surface area contributed by atoms with Crippen molar-refractivity contribution < 1.29 is 9.13 Å². The molecular weight excluding hydrogens is 267 g/mol. The normalized spacial score (nSPS) is 11.5. The highest BCUT2D eigenvalue weighted by Crippen LogP contribution is 2.31. The lowest BCUT2D eigenvalue weighted by Gasteiger charge is -2.21. The fourth-order valence-electron chi connectivity index (χ4n) is 2.28. The number of nitrogens with zero attached hydrogens (tertiary/aromatic N) is 1. The van der Waals surface area contributed by atoms with Gasteiger partial charge in [0.1, 0.15) is 17.6 Å². The molecule has 3 nitrogen and oxygen atoms in total. The van der Waals surface area contributed by atoms with E-state index < -0.39 is 5.82 Å². The van der Waals surface area contributed by atoms with Crippen molar-refractivity contribution in [2.24, 2.45) is 0 Å². The molecule has 0 aliphatic heterocycles. The van der Waals surface area contributed by atoms with Crippen LogP contribution < -0.4 is 10.1 Å². The van der Waals surface area contributed by atoms with Crippen LogP contribution in [0.4, 0.5) is 10.1 Å². The summed E-state index contributed by atoms with van der Waals surface area (Å²) in [5.41, 5.74) is 1.93. The summed E-state index contributed by atoms with van der Waals surface area (Å²) in [5.74, 6) is 0.375. The Kier molecular flexibility index (Phi) is 4.78. The molecule has 0 aliphatic carbocycles. The smallest absolute Gasteiger partial charge is 0.124 e. The predicted molar refractivity (Wildman–Crippen MR) is 80.8 cm³/mol. The molecule has 0 spiro atoms. The Hall–Kier alpha value is -2.54. The van der Waals surface area contributed by atoms with Gasteiger partial charge in [0.25, 0.3) is 0 Å². The van der Waals surface area contributed by atoms with Gasteiger partial charge in [-0.1, -0.05) is 25.1 Å². The maximum atomic E-state index is 13.2. The van der Waals surface area contributed by atoms with E-state index >= 15 is 0 Å². The summed E-state index contributed by atoms with van der Waals surface area (Å²) in [4.78, 5) is 0. The Bertz CT molecular complexity index is 664. The lowest BCUT2D eigenvalue weighted by atomic mass is 10.0. The Morgan fingerprint density at radius 2 is 2.05 bits per heavy atom. The van der Waals surface area contributed by atoms with E-state index in [0.29, 0.717) is 11.3 Å². The summed E-state index contributed by atoms with van der Waals surface area (Å²) in [6, 6.07) is 13.9. The van der Waals surface area contributed by atoms with Gasteiger partial charge in [0.05, 0.1) is 24.4 Å². The standard InChI is InChI=1S/C17H17FN2O/c1-3-15(14-6-4-5-7-17(14)21-2)20-16-9-8-13(18)10-12(16)11-19/h4-10,15,20H,3H2,1-2H3. The van der Waals surface area contributed by atoms with E-state index in [9.17, 15) is 4.39 Å². The van der Waals surface area contributed by atoms with Gasteiger partial charge in [-0.3, -0.25) is 0 Å². The van der Waals surface area contributed by atoms with Crippen LogP contribution in [0.2, 0.25) is 0 Å². The van der Waals surface area contributed by atoms with Crippen molar-refractivity contribution >= 4 is 5.69 Å². The third-order valence-corrected chi connectivity index (χ3v) is 3.35. The molecule has 1 atom stereocenters. The zero-order valence-electron chi connectivity index (χ0n) is 12.1. The van der Waals surface area contributed by atoms with E-state index in [1.807, 2.05) is 37.3 Å². The highest BCUT2D eigenvalue weighted by Gasteiger charge is 2.15. The molecule has 0 saturated carbocycles. The zero-order valence-corrected chi connectivity index (χ0v) is 12.1. The van der Waals surface area contributed by atoms with Gasteiger partial charge in [0, 0.05) is 5.56 Å². The molecule has 0 aliphatic rings. The summed E-state index contributed by atoms with van der Waals surface area (Å²) in [6.07, 6.45) is 0.808. The summed E-state index contributed by atoms with van der Waals surface area (Å²) in [7, 11) is 1.63. The van der Waals surface area contributed by atoms with E-state index in [4.69, 9.17) is 10.00 Å².